The number of aromatic hydroxyl groups is 1. The summed E-state index contributed by atoms with van der Waals surface area (Å²) in [6.07, 6.45) is -3.54. The van der Waals surface area contributed by atoms with E-state index in [-0.39, 0.29) is 28.7 Å². The van der Waals surface area contributed by atoms with Gasteiger partial charge < -0.3 is 14.8 Å². The summed E-state index contributed by atoms with van der Waals surface area (Å²) in [6, 6.07) is 4.90. The van der Waals surface area contributed by atoms with Crippen molar-refractivity contribution >= 4 is 17.6 Å². The van der Waals surface area contributed by atoms with Crippen molar-refractivity contribution in [3.05, 3.63) is 35.6 Å². The lowest BCUT2D eigenvalue weighted by molar-refractivity contribution is -0.137. The van der Waals surface area contributed by atoms with Crippen molar-refractivity contribution in [3.63, 3.8) is 0 Å². The molecule has 2 N–H and O–H groups in total. The molecule has 0 amide bonds. The maximum Gasteiger partial charge on any atom is 0.416 e. The number of rotatable bonds is 3. The zero-order chi connectivity index (χ0) is 16.6. The molecule has 0 bridgehead atoms. The van der Waals surface area contributed by atoms with E-state index in [4.69, 9.17) is 4.42 Å². The van der Waals surface area contributed by atoms with Gasteiger partial charge in [-0.3, -0.25) is 0 Å². The van der Waals surface area contributed by atoms with E-state index in [1.807, 2.05) is 0 Å². The summed E-state index contributed by atoms with van der Waals surface area (Å²) in [5, 5.41) is 13.3. The fourth-order valence-corrected chi connectivity index (χ4v) is 3.97. The predicted octanol–water partition coefficient (Wildman–Crippen LogP) is 4.93. The molecule has 23 heavy (non-hydrogen) atoms. The zero-order valence-corrected chi connectivity index (χ0v) is 13.2. The van der Waals surface area contributed by atoms with Gasteiger partial charge in [0.1, 0.15) is 0 Å². The normalized spacial score (nSPS) is 18.3. The van der Waals surface area contributed by atoms with Gasteiger partial charge >= 0.3 is 6.18 Å². The molecular formula is C16H16F3NO2S. The molecule has 2 heterocycles. The van der Waals surface area contributed by atoms with E-state index in [9.17, 15) is 18.3 Å². The second kappa shape index (κ2) is 6.03. The largest absolute Gasteiger partial charge is 0.504 e. The second-order valence-electron chi connectivity index (χ2n) is 5.41. The molecule has 1 aliphatic heterocycles. The standard InChI is InChI=1S/C16H16F3NO2S/c1-20-15-12(9-3-2-4-11(7-9)16(17,18)19)13(21)14(22-15)10-5-6-23-8-10/h2-4,7,10,20-21H,5-6,8H2,1H3. The Balaban J connectivity index is 2.09. The molecule has 1 fully saturated rings. The van der Waals surface area contributed by atoms with Crippen LogP contribution in [0.15, 0.2) is 28.7 Å². The van der Waals surface area contributed by atoms with Gasteiger partial charge in [0.25, 0.3) is 0 Å². The number of hydrogen-bond acceptors (Lipinski definition) is 4. The summed E-state index contributed by atoms with van der Waals surface area (Å²) >= 11 is 1.77. The lowest BCUT2D eigenvalue weighted by Gasteiger charge is -2.09. The molecule has 0 radical (unpaired) electrons. The summed E-state index contributed by atoms with van der Waals surface area (Å²) in [7, 11) is 1.61. The third-order valence-electron chi connectivity index (χ3n) is 3.92. The third-order valence-corrected chi connectivity index (χ3v) is 5.08. The molecule has 1 atom stereocenters. The van der Waals surface area contributed by atoms with Gasteiger partial charge in [-0.05, 0) is 29.9 Å². The van der Waals surface area contributed by atoms with Gasteiger partial charge in [-0.25, -0.2) is 0 Å². The molecule has 7 heteroatoms. The van der Waals surface area contributed by atoms with Crippen LogP contribution in [0, 0.1) is 0 Å². The number of halogens is 3. The van der Waals surface area contributed by atoms with Crippen LogP contribution in [-0.4, -0.2) is 23.7 Å². The van der Waals surface area contributed by atoms with Crippen molar-refractivity contribution in [2.45, 2.75) is 18.5 Å². The van der Waals surface area contributed by atoms with E-state index >= 15 is 0 Å². The fraction of sp³-hybridized carbons (Fsp3) is 0.375. The molecule has 3 rings (SSSR count). The molecule has 1 aliphatic rings. The van der Waals surface area contributed by atoms with E-state index in [2.05, 4.69) is 5.32 Å². The molecule has 1 saturated heterocycles. The topological polar surface area (TPSA) is 45.4 Å². The Morgan fingerprint density at radius 2 is 2.13 bits per heavy atom. The Labute approximate surface area is 135 Å². The molecule has 0 saturated carbocycles. The number of thioether (sulfide) groups is 1. The van der Waals surface area contributed by atoms with Crippen LogP contribution < -0.4 is 5.32 Å². The number of nitrogens with one attached hydrogen (secondary N) is 1. The molecule has 124 valence electrons. The highest BCUT2D eigenvalue weighted by Crippen LogP contribution is 2.48. The molecule has 0 spiro atoms. The molecular weight excluding hydrogens is 327 g/mol. The van der Waals surface area contributed by atoms with Gasteiger partial charge in [0.2, 0.25) is 5.88 Å². The summed E-state index contributed by atoms with van der Waals surface area (Å²) in [5.41, 5.74) is -0.191. The molecule has 1 aromatic heterocycles. The first-order valence-electron chi connectivity index (χ1n) is 7.20. The average molecular weight is 343 g/mol. The molecule has 2 aromatic rings. The first kappa shape index (κ1) is 16.1. The summed E-state index contributed by atoms with van der Waals surface area (Å²) in [6.45, 7) is 0. The summed E-state index contributed by atoms with van der Waals surface area (Å²) in [4.78, 5) is 0. The third kappa shape index (κ3) is 3.02. The summed E-state index contributed by atoms with van der Waals surface area (Å²) < 4.78 is 44.4. The van der Waals surface area contributed by atoms with E-state index in [0.717, 1.165) is 30.1 Å². The monoisotopic (exact) mass is 343 g/mol. The smallest absolute Gasteiger partial charge is 0.416 e. The first-order chi connectivity index (χ1) is 10.9. The van der Waals surface area contributed by atoms with E-state index in [0.29, 0.717) is 5.76 Å². The molecule has 3 nitrogen and oxygen atoms in total. The summed E-state index contributed by atoms with van der Waals surface area (Å²) in [5.74, 6) is 2.58. The fourth-order valence-electron chi connectivity index (χ4n) is 2.75. The lowest BCUT2D eigenvalue weighted by atomic mass is 10.00. The Hall–Kier alpha value is -1.76. The van der Waals surface area contributed by atoms with E-state index in [1.54, 1.807) is 18.8 Å². The number of benzene rings is 1. The van der Waals surface area contributed by atoms with Gasteiger partial charge in [0, 0.05) is 18.7 Å². The lowest BCUT2D eigenvalue weighted by Crippen LogP contribution is -2.04. The second-order valence-corrected chi connectivity index (χ2v) is 6.56. The average Bonchev–Trinajstić information content (AvgIpc) is 3.13. The number of furan rings is 1. The minimum Gasteiger partial charge on any atom is -0.504 e. The van der Waals surface area contributed by atoms with Crippen molar-refractivity contribution in [2.24, 2.45) is 0 Å². The van der Waals surface area contributed by atoms with Crippen LogP contribution in [0.4, 0.5) is 19.1 Å². The molecule has 1 aromatic carbocycles. The quantitative estimate of drug-likeness (QED) is 0.829. The van der Waals surface area contributed by atoms with Gasteiger partial charge in [-0.15, -0.1) is 0 Å². The van der Waals surface area contributed by atoms with Crippen molar-refractivity contribution < 1.29 is 22.7 Å². The highest BCUT2D eigenvalue weighted by atomic mass is 32.2. The van der Waals surface area contributed by atoms with Crippen LogP contribution in [0.5, 0.6) is 5.75 Å². The number of anilines is 1. The van der Waals surface area contributed by atoms with Crippen LogP contribution in [0.1, 0.15) is 23.7 Å². The van der Waals surface area contributed by atoms with Crippen LogP contribution in [0.2, 0.25) is 0 Å². The Morgan fingerprint density at radius 1 is 1.35 bits per heavy atom. The van der Waals surface area contributed by atoms with Crippen molar-refractivity contribution in [1.82, 2.24) is 0 Å². The predicted molar refractivity (Wildman–Crippen MR) is 85.0 cm³/mol. The van der Waals surface area contributed by atoms with Crippen molar-refractivity contribution in [3.8, 4) is 16.9 Å². The van der Waals surface area contributed by atoms with E-state index in [1.165, 1.54) is 12.1 Å². The highest BCUT2D eigenvalue weighted by Gasteiger charge is 2.33. The Kier molecular flexibility index (Phi) is 4.23. The zero-order valence-electron chi connectivity index (χ0n) is 12.4. The Morgan fingerprint density at radius 3 is 2.74 bits per heavy atom. The van der Waals surface area contributed by atoms with Gasteiger partial charge in [-0.1, -0.05) is 12.1 Å². The van der Waals surface area contributed by atoms with Crippen LogP contribution >= 0.6 is 11.8 Å². The van der Waals surface area contributed by atoms with Gasteiger partial charge in [0.15, 0.2) is 11.5 Å². The van der Waals surface area contributed by atoms with Gasteiger partial charge in [-0.2, -0.15) is 24.9 Å². The van der Waals surface area contributed by atoms with Crippen LogP contribution in [0.3, 0.4) is 0 Å². The maximum absolute atomic E-state index is 12.9. The maximum atomic E-state index is 12.9. The van der Waals surface area contributed by atoms with Crippen molar-refractivity contribution in [2.75, 3.05) is 23.9 Å². The van der Waals surface area contributed by atoms with Crippen LogP contribution in [-0.2, 0) is 6.18 Å². The number of alkyl halides is 3. The Bertz CT molecular complexity index is 706. The minimum absolute atomic E-state index is 0.0684. The molecule has 0 aliphatic carbocycles. The van der Waals surface area contributed by atoms with Gasteiger partial charge in [0.05, 0.1) is 11.1 Å². The van der Waals surface area contributed by atoms with E-state index < -0.39 is 11.7 Å². The SMILES string of the molecule is CNc1oc(C2CCSC2)c(O)c1-c1cccc(C(F)(F)F)c1. The molecule has 1 unspecified atom stereocenters. The van der Waals surface area contributed by atoms with Crippen LogP contribution in [0.25, 0.3) is 11.1 Å². The number of hydrogen-bond donors (Lipinski definition) is 2. The van der Waals surface area contributed by atoms with Crippen molar-refractivity contribution in [1.29, 1.82) is 0 Å². The first-order valence-corrected chi connectivity index (χ1v) is 8.36. The minimum atomic E-state index is -4.43. The highest BCUT2D eigenvalue weighted by molar-refractivity contribution is 7.99.